The molecule has 1 fully saturated rings. The lowest BCUT2D eigenvalue weighted by Crippen LogP contribution is -1.94. The molecule has 1 aromatic carbocycles. The molecule has 0 radical (unpaired) electrons. The summed E-state index contributed by atoms with van der Waals surface area (Å²) in [4.78, 5) is 0. The quantitative estimate of drug-likeness (QED) is 0.773. The Morgan fingerprint density at radius 2 is 2.00 bits per heavy atom. The predicted octanol–water partition coefficient (Wildman–Crippen LogP) is 3.73. The van der Waals surface area contributed by atoms with Crippen LogP contribution < -0.4 is 0 Å². The van der Waals surface area contributed by atoms with E-state index in [9.17, 15) is 5.11 Å². The molecule has 0 spiro atoms. The largest absolute Gasteiger partial charge is 0.384 e. The third-order valence-electron chi connectivity index (χ3n) is 2.85. The summed E-state index contributed by atoms with van der Waals surface area (Å²) in [5.41, 5.74) is 2.21. The maximum Gasteiger partial charge on any atom is 0.0974 e. The average Bonchev–Trinajstić information content (AvgIpc) is 3.01. The molecule has 1 N–H and O–H groups in total. The SMILES string of the molecule is C/C(=C\C(O)c1ccc(Cl)cc1)C1CC1. The second-order valence-corrected chi connectivity index (χ2v) is 4.62. The van der Waals surface area contributed by atoms with Crippen molar-refractivity contribution < 1.29 is 5.11 Å². The van der Waals surface area contributed by atoms with Gasteiger partial charge < -0.3 is 5.11 Å². The minimum atomic E-state index is -0.497. The fourth-order valence-corrected chi connectivity index (χ4v) is 1.81. The lowest BCUT2D eigenvalue weighted by atomic mass is 10.1. The molecule has 1 aliphatic rings. The van der Waals surface area contributed by atoms with E-state index in [1.165, 1.54) is 18.4 Å². The van der Waals surface area contributed by atoms with E-state index >= 15 is 0 Å². The molecule has 1 atom stereocenters. The van der Waals surface area contributed by atoms with Crippen molar-refractivity contribution in [3.05, 3.63) is 46.5 Å². The summed E-state index contributed by atoms with van der Waals surface area (Å²) in [6.45, 7) is 2.09. The number of hydrogen-bond acceptors (Lipinski definition) is 1. The number of halogens is 1. The topological polar surface area (TPSA) is 20.2 Å². The summed E-state index contributed by atoms with van der Waals surface area (Å²) in [5, 5.41) is 10.6. The third kappa shape index (κ3) is 2.83. The summed E-state index contributed by atoms with van der Waals surface area (Å²) in [6, 6.07) is 7.34. The van der Waals surface area contributed by atoms with E-state index in [4.69, 9.17) is 11.6 Å². The summed E-state index contributed by atoms with van der Waals surface area (Å²) < 4.78 is 0. The Balaban J connectivity index is 2.09. The molecule has 1 aromatic rings. The highest BCUT2D eigenvalue weighted by Crippen LogP contribution is 2.37. The van der Waals surface area contributed by atoms with Gasteiger partial charge in [0.25, 0.3) is 0 Å². The van der Waals surface area contributed by atoms with Crippen LogP contribution in [0.15, 0.2) is 35.9 Å². The fraction of sp³-hybridized carbons (Fsp3) is 0.385. The molecule has 0 aliphatic heterocycles. The molecule has 80 valence electrons. The van der Waals surface area contributed by atoms with Gasteiger partial charge in [-0.05, 0) is 43.4 Å². The molecule has 0 bridgehead atoms. The Hall–Kier alpha value is -0.790. The monoisotopic (exact) mass is 222 g/mol. The van der Waals surface area contributed by atoms with Crippen molar-refractivity contribution in [3.8, 4) is 0 Å². The molecule has 1 nitrogen and oxygen atoms in total. The number of aliphatic hydroxyl groups excluding tert-OH is 1. The van der Waals surface area contributed by atoms with Crippen LogP contribution in [0.25, 0.3) is 0 Å². The number of hydrogen-bond donors (Lipinski definition) is 1. The van der Waals surface area contributed by atoms with Crippen LogP contribution in [-0.2, 0) is 0 Å². The van der Waals surface area contributed by atoms with Gasteiger partial charge in [-0.1, -0.05) is 35.4 Å². The van der Waals surface area contributed by atoms with E-state index in [0.717, 1.165) is 5.56 Å². The van der Waals surface area contributed by atoms with Gasteiger partial charge in [0.15, 0.2) is 0 Å². The van der Waals surface area contributed by atoms with Gasteiger partial charge in [-0.2, -0.15) is 0 Å². The van der Waals surface area contributed by atoms with Gasteiger partial charge in [0.2, 0.25) is 0 Å². The average molecular weight is 223 g/mol. The number of allylic oxidation sites excluding steroid dienone is 1. The van der Waals surface area contributed by atoms with Crippen molar-refractivity contribution in [2.24, 2.45) is 5.92 Å². The van der Waals surface area contributed by atoms with Gasteiger partial charge in [0.1, 0.15) is 0 Å². The second kappa shape index (κ2) is 4.38. The summed E-state index contributed by atoms with van der Waals surface area (Å²) in [6.07, 6.45) is 3.99. The molecule has 2 rings (SSSR count). The summed E-state index contributed by atoms with van der Waals surface area (Å²) in [7, 11) is 0. The van der Waals surface area contributed by atoms with Crippen LogP contribution in [0.3, 0.4) is 0 Å². The molecule has 1 unspecified atom stereocenters. The highest BCUT2D eigenvalue weighted by atomic mass is 35.5. The molecule has 1 saturated carbocycles. The molecular formula is C13H15ClO. The summed E-state index contributed by atoms with van der Waals surface area (Å²) >= 11 is 5.79. The van der Waals surface area contributed by atoms with Gasteiger partial charge in [-0.25, -0.2) is 0 Å². The van der Waals surface area contributed by atoms with Crippen LogP contribution in [0.1, 0.15) is 31.4 Å². The lowest BCUT2D eigenvalue weighted by Gasteiger charge is -2.08. The Labute approximate surface area is 95.4 Å². The molecule has 2 heteroatoms. The van der Waals surface area contributed by atoms with Gasteiger partial charge >= 0.3 is 0 Å². The van der Waals surface area contributed by atoms with Gasteiger partial charge in [0.05, 0.1) is 6.10 Å². The smallest absolute Gasteiger partial charge is 0.0974 e. The first kappa shape index (κ1) is 10.7. The predicted molar refractivity (Wildman–Crippen MR) is 62.9 cm³/mol. The molecule has 0 aromatic heterocycles. The fourth-order valence-electron chi connectivity index (χ4n) is 1.68. The zero-order valence-corrected chi connectivity index (χ0v) is 9.54. The standard InChI is InChI=1S/C13H15ClO/c1-9(10-2-3-10)8-13(15)11-4-6-12(14)7-5-11/h4-8,10,13,15H,2-3H2,1H3/b9-8+. The zero-order chi connectivity index (χ0) is 10.8. The minimum absolute atomic E-state index is 0.497. The van der Waals surface area contributed by atoms with Crippen molar-refractivity contribution in [2.75, 3.05) is 0 Å². The molecule has 0 saturated heterocycles. The van der Waals surface area contributed by atoms with Crippen molar-refractivity contribution in [2.45, 2.75) is 25.9 Å². The normalized spacial score (nSPS) is 19.0. The van der Waals surface area contributed by atoms with Crippen LogP contribution in [0.5, 0.6) is 0 Å². The molecule has 0 amide bonds. The van der Waals surface area contributed by atoms with Gasteiger partial charge in [-0.3, -0.25) is 0 Å². The first-order valence-corrected chi connectivity index (χ1v) is 5.66. The lowest BCUT2D eigenvalue weighted by molar-refractivity contribution is 0.227. The highest BCUT2D eigenvalue weighted by molar-refractivity contribution is 6.30. The molecule has 15 heavy (non-hydrogen) atoms. The van der Waals surface area contributed by atoms with Crippen molar-refractivity contribution in [1.29, 1.82) is 0 Å². The van der Waals surface area contributed by atoms with Crippen molar-refractivity contribution in [1.82, 2.24) is 0 Å². The van der Waals surface area contributed by atoms with Gasteiger partial charge in [-0.15, -0.1) is 0 Å². The summed E-state index contributed by atoms with van der Waals surface area (Å²) in [5.74, 6) is 0.715. The maximum absolute atomic E-state index is 9.94. The maximum atomic E-state index is 9.94. The van der Waals surface area contributed by atoms with Gasteiger partial charge in [0, 0.05) is 5.02 Å². The highest BCUT2D eigenvalue weighted by Gasteiger charge is 2.23. The van der Waals surface area contributed by atoms with Crippen molar-refractivity contribution >= 4 is 11.6 Å². The van der Waals surface area contributed by atoms with E-state index in [0.29, 0.717) is 10.9 Å². The molecule has 1 aliphatic carbocycles. The Morgan fingerprint density at radius 1 is 1.40 bits per heavy atom. The first-order chi connectivity index (χ1) is 7.16. The second-order valence-electron chi connectivity index (χ2n) is 4.18. The Kier molecular flexibility index (Phi) is 3.13. The molecular weight excluding hydrogens is 208 g/mol. The Bertz CT molecular complexity index is 363. The number of aliphatic hydroxyl groups is 1. The van der Waals surface area contributed by atoms with E-state index in [1.54, 1.807) is 12.1 Å². The van der Waals surface area contributed by atoms with Crippen molar-refractivity contribution in [3.63, 3.8) is 0 Å². The van der Waals surface area contributed by atoms with E-state index in [2.05, 4.69) is 6.92 Å². The van der Waals surface area contributed by atoms with Crippen LogP contribution in [0.4, 0.5) is 0 Å². The van der Waals surface area contributed by atoms with E-state index < -0.39 is 6.10 Å². The minimum Gasteiger partial charge on any atom is -0.384 e. The van der Waals surface area contributed by atoms with Crippen LogP contribution >= 0.6 is 11.6 Å². The Morgan fingerprint density at radius 3 is 2.53 bits per heavy atom. The zero-order valence-electron chi connectivity index (χ0n) is 8.78. The van der Waals surface area contributed by atoms with Crippen LogP contribution in [0, 0.1) is 5.92 Å². The van der Waals surface area contributed by atoms with E-state index in [1.807, 2.05) is 18.2 Å². The van der Waals surface area contributed by atoms with E-state index in [-0.39, 0.29) is 0 Å². The number of rotatable bonds is 3. The van der Waals surface area contributed by atoms with Crippen LogP contribution in [-0.4, -0.2) is 5.11 Å². The first-order valence-electron chi connectivity index (χ1n) is 5.28. The number of benzene rings is 1. The third-order valence-corrected chi connectivity index (χ3v) is 3.11. The molecule has 0 heterocycles. The van der Waals surface area contributed by atoms with Crippen LogP contribution in [0.2, 0.25) is 5.02 Å².